The lowest BCUT2D eigenvalue weighted by Gasteiger charge is -2.01. The second-order valence-electron chi connectivity index (χ2n) is 2.97. The van der Waals surface area contributed by atoms with E-state index in [9.17, 15) is 0 Å². The Labute approximate surface area is 89.9 Å². The van der Waals surface area contributed by atoms with Gasteiger partial charge in [0, 0.05) is 16.1 Å². The van der Waals surface area contributed by atoms with Crippen LogP contribution < -0.4 is 0 Å². The minimum absolute atomic E-state index is 0.722. The van der Waals surface area contributed by atoms with Crippen molar-refractivity contribution in [3.05, 3.63) is 39.5 Å². The number of nitrogens with zero attached hydrogens (tertiary/aromatic N) is 1. The zero-order valence-electron chi connectivity index (χ0n) is 7.01. The highest BCUT2D eigenvalue weighted by molar-refractivity contribution is 9.10. The SMILES string of the molecule is Cc1cnc2cc(Br)c(Cl)cc2c1. The van der Waals surface area contributed by atoms with Gasteiger partial charge in [0.15, 0.2) is 0 Å². The molecule has 1 nitrogen and oxygen atoms in total. The van der Waals surface area contributed by atoms with Crippen molar-refractivity contribution in [2.75, 3.05) is 0 Å². The van der Waals surface area contributed by atoms with Gasteiger partial charge in [0.1, 0.15) is 0 Å². The molecule has 1 aromatic carbocycles. The molecule has 2 rings (SSSR count). The third kappa shape index (κ3) is 1.69. The summed E-state index contributed by atoms with van der Waals surface area (Å²) in [5.74, 6) is 0. The quantitative estimate of drug-likeness (QED) is 0.695. The third-order valence-corrected chi connectivity index (χ3v) is 3.06. The van der Waals surface area contributed by atoms with Gasteiger partial charge in [0.25, 0.3) is 0 Å². The van der Waals surface area contributed by atoms with E-state index in [0.29, 0.717) is 0 Å². The summed E-state index contributed by atoms with van der Waals surface area (Å²) < 4.78 is 0.887. The lowest BCUT2D eigenvalue weighted by atomic mass is 10.2. The highest BCUT2D eigenvalue weighted by Crippen LogP contribution is 2.27. The van der Waals surface area contributed by atoms with Crippen LogP contribution in [0.2, 0.25) is 5.02 Å². The number of pyridine rings is 1. The van der Waals surface area contributed by atoms with Crippen LogP contribution in [0.5, 0.6) is 0 Å². The minimum Gasteiger partial charge on any atom is -0.256 e. The molecule has 1 aromatic heterocycles. The molecular weight excluding hydrogens is 249 g/mol. The average molecular weight is 257 g/mol. The Kier molecular flexibility index (Phi) is 2.26. The fraction of sp³-hybridized carbons (Fsp3) is 0.100. The molecule has 0 fully saturated rings. The Hall–Kier alpha value is -0.600. The molecule has 0 bridgehead atoms. The monoisotopic (exact) mass is 255 g/mol. The highest BCUT2D eigenvalue weighted by Gasteiger charge is 2.00. The Morgan fingerprint density at radius 2 is 2.08 bits per heavy atom. The van der Waals surface area contributed by atoms with Crippen LogP contribution >= 0.6 is 27.5 Å². The first kappa shape index (κ1) is 8.97. The van der Waals surface area contributed by atoms with Crippen LogP contribution in [0.1, 0.15) is 5.56 Å². The largest absolute Gasteiger partial charge is 0.256 e. The molecule has 1 heterocycles. The van der Waals surface area contributed by atoms with Gasteiger partial charge < -0.3 is 0 Å². The molecule has 0 atom stereocenters. The van der Waals surface area contributed by atoms with Crippen LogP contribution in [0.15, 0.2) is 28.9 Å². The number of aryl methyl sites for hydroxylation is 1. The van der Waals surface area contributed by atoms with Crippen molar-refractivity contribution < 1.29 is 0 Å². The summed E-state index contributed by atoms with van der Waals surface area (Å²) in [6, 6.07) is 5.92. The lowest BCUT2D eigenvalue weighted by molar-refractivity contribution is 1.33. The molecule has 0 aliphatic heterocycles. The number of fused-ring (bicyclic) bond motifs is 1. The van der Waals surface area contributed by atoms with Crippen LogP contribution in [-0.4, -0.2) is 4.98 Å². The Morgan fingerprint density at radius 1 is 1.31 bits per heavy atom. The first-order valence-electron chi connectivity index (χ1n) is 3.88. The minimum atomic E-state index is 0.722. The lowest BCUT2D eigenvalue weighted by Crippen LogP contribution is -1.81. The van der Waals surface area contributed by atoms with Gasteiger partial charge >= 0.3 is 0 Å². The second kappa shape index (κ2) is 3.28. The number of hydrogen-bond donors (Lipinski definition) is 0. The highest BCUT2D eigenvalue weighted by atomic mass is 79.9. The molecule has 0 aliphatic carbocycles. The molecular formula is C10H7BrClN. The number of rotatable bonds is 0. The molecule has 0 spiro atoms. The van der Waals surface area contributed by atoms with Crippen molar-refractivity contribution in [2.45, 2.75) is 6.92 Å². The standard InChI is InChI=1S/C10H7BrClN/c1-6-2-7-3-9(12)8(11)4-10(7)13-5-6/h2-5H,1H3. The van der Waals surface area contributed by atoms with E-state index in [2.05, 4.69) is 27.0 Å². The Balaban J connectivity index is 2.81. The van der Waals surface area contributed by atoms with Gasteiger partial charge in [-0.3, -0.25) is 4.98 Å². The molecule has 0 saturated heterocycles. The van der Waals surface area contributed by atoms with Crippen LogP contribution in [0, 0.1) is 6.92 Å². The predicted molar refractivity (Wildman–Crippen MR) is 59.2 cm³/mol. The maximum atomic E-state index is 5.97. The van der Waals surface area contributed by atoms with E-state index in [-0.39, 0.29) is 0 Å². The second-order valence-corrected chi connectivity index (χ2v) is 4.23. The van der Waals surface area contributed by atoms with Crippen molar-refractivity contribution >= 4 is 38.4 Å². The van der Waals surface area contributed by atoms with Gasteiger partial charge in [-0.15, -0.1) is 0 Å². The van der Waals surface area contributed by atoms with E-state index in [1.807, 2.05) is 25.3 Å². The van der Waals surface area contributed by atoms with Gasteiger partial charge in [-0.05, 0) is 46.6 Å². The average Bonchev–Trinajstić information content (AvgIpc) is 2.08. The van der Waals surface area contributed by atoms with E-state index in [1.54, 1.807) is 0 Å². The molecule has 66 valence electrons. The van der Waals surface area contributed by atoms with Crippen molar-refractivity contribution in [1.82, 2.24) is 4.98 Å². The number of hydrogen-bond acceptors (Lipinski definition) is 1. The van der Waals surface area contributed by atoms with Crippen molar-refractivity contribution in [1.29, 1.82) is 0 Å². The Bertz CT molecular complexity index is 468. The molecule has 0 saturated carbocycles. The van der Waals surface area contributed by atoms with Crippen molar-refractivity contribution in [3.8, 4) is 0 Å². The van der Waals surface area contributed by atoms with E-state index >= 15 is 0 Å². The zero-order valence-corrected chi connectivity index (χ0v) is 9.35. The number of benzene rings is 1. The maximum Gasteiger partial charge on any atom is 0.0714 e. The predicted octanol–water partition coefficient (Wildman–Crippen LogP) is 3.96. The van der Waals surface area contributed by atoms with Gasteiger partial charge in [-0.25, -0.2) is 0 Å². The summed E-state index contributed by atoms with van der Waals surface area (Å²) in [4.78, 5) is 4.29. The van der Waals surface area contributed by atoms with Crippen LogP contribution in [0.3, 0.4) is 0 Å². The van der Waals surface area contributed by atoms with Crippen molar-refractivity contribution in [3.63, 3.8) is 0 Å². The summed E-state index contributed by atoms with van der Waals surface area (Å²) in [7, 11) is 0. The molecule has 0 unspecified atom stereocenters. The number of aromatic nitrogens is 1. The van der Waals surface area contributed by atoms with E-state index in [0.717, 1.165) is 26.0 Å². The molecule has 0 aliphatic rings. The molecule has 3 heteroatoms. The van der Waals surface area contributed by atoms with Crippen molar-refractivity contribution in [2.24, 2.45) is 0 Å². The zero-order chi connectivity index (χ0) is 9.42. The first-order chi connectivity index (χ1) is 6.16. The molecule has 0 N–H and O–H groups in total. The molecule has 0 amide bonds. The topological polar surface area (TPSA) is 12.9 Å². The molecule has 2 aromatic rings. The van der Waals surface area contributed by atoms with Gasteiger partial charge in [0.05, 0.1) is 10.5 Å². The normalized spacial score (nSPS) is 10.7. The van der Waals surface area contributed by atoms with Gasteiger partial charge in [-0.2, -0.15) is 0 Å². The summed E-state index contributed by atoms with van der Waals surface area (Å²) in [5, 5.41) is 1.80. The fourth-order valence-electron chi connectivity index (χ4n) is 1.23. The summed E-state index contributed by atoms with van der Waals surface area (Å²) in [6.45, 7) is 2.02. The van der Waals surface area contributed by atoms with Crippen LogP contribution in [-0.2, 0) is 0 Å². The molecule has 0 radical (unpaired) electrons. The summed E-state index contributed by atoms with van der Waals surface area (Å²) in [6.07, 6.45) is 1.85. The van der Waals surface area contributed by atoms with Crippen LogP contribution in [0.4, 0.5) is 0 Å². The van der Waals surface area contributed by atoms with Gasteiger partial charge in [0.2, 0.25) is 0 Å². The fourth-order valence-corrected chi connectivity index (χ4v) is 1.74. The summed E-state index contributed by atoms with van der Waals surface area (Å²) >= 11 is 9.33. The first-order valence-corrected chi connectivity index (χ1v) is 5.05. The maximum absolute atomic E-state index is 5.97. The third-order valence-electron chi connectivity index (χ3n) is 1.86. The van der Waals surface area contributed by atoms with Gasteiger partial charge in [-0.1, -0.05) is 11.6 Å². The number of halogens is 2. The molecule has 13 heavy (non-hydrogen) atoms. The smallest absolute Gasteiger partial charge is 0.0714 e. The summed E-state index contributed by atoms with van der Waals surface area (Å²) in [5.41, 5.74) is 2.10. The van der Waals surface area contributed by atoms with E-state index < -0.39 is 0 Å². The Morgan fingerprint density at radius 3 is 2.85 bits per heavy atom. The van der Waals surface area contributed by atoms with E-state index in [4.69, 9.17) is 11.6 Å². The van der Waals surface area contributed by atoms with E-state index in [1.165, 1.54) is 0 Å². The van der Waals surface area contributed by atoms with Crippen LogP contribution in [0.25, 0.3) is 10.9 Å².